The van der Waals surface area contributed by atoms with Gasteiger partial charge < -0.3 is 20.4 Å². The first kappa shape index (κ1) is 28.0. The molecule has 0 aliphatic carbocycles. The number of piperidine rings is 2. The predicted molar refractivity (Wildman–Crippen MR) is 135 cm³/mol. The number of amides is 1. The zero-order valence-electron chi connectivity index (χ0n) is 20.9. The maximum atomic E-state index is 13.4. The largest absolute Gasteiger partial charge is 0.481 e. The number of nitrogens with one attached hydrogen (secondary N) is 1. The van der Waals surface area contributed by atoms with Crippen molar-refractivity contribution >= 4 is 17.8 Å². The van der Waals surface area contributed by atoms with E-state index in [9.17, 15) is 4.79 Å². The molecule has 3 N–H and O–H groups in total. The number of rotatable bonds is 3. The van der Waals surface area contributed by atoms with Crippen LogP contribution in [0.25, 0.3) is 11.1 Å². The molecule has 0 bridgehead atoms. The van der Waals surface area contributed by atoms with Gasteiger partial charge in [-0.05, 0) is 74.7 Å². The number of likely N-dealkylation sites (tertiary alicyclic amines) is 1. The highest BCUT2D eigenvalue weighted by Gasteiger charge is 2.31. The minimum Gasteiger partial charge on any atom is -0.481 e. The van der Waals surface area contributed by atoms with Gasteiger partial charge in [0.25, 0.3) is 17.8 Å². The Morgan fingerprint density at radius 2 is 1.40 bits per heavy atom. The highest BCUT2D eigenvalue weighted by Crippen LogP contribution is 2.32. The fraction of sp³-hybridized carbons (Fsp3) is 0.481. The van der Waals surface area contributed by atoms with E-state index in [0.717, 1.165) is 87.1 Å². The van der Waals surface area contributed by atoms with Crippen molar-refractivity contribution in [3.05, 3.63) is 53.9 Å². The van der Waals surface area contributed by atoms with Crippen LogP contribution in [0.4, 0.5) is 0 Å². The standard InChI is InChI=1S/C23H29N3O.2C2H4O2/c1-17-22(21(9-14-25-17)20-5-3-2-4-6-20)23(27)26-15-10-19(11-16-26)18-7-12-24-13-8-18;2*1-2(3)4/h2-6,9,14,18-19,24H,7-8,10-13,15-16H2,1H3;2*1H3,(H,3,4). The molecular weight excluding hydrogens is 446 g/mol. The van der Waals surface area contributed by atoms with Crippen molar-refractivity contribution < 1.29 is 24.6 Å². The second-order valence-electron chi connectivity index (χ2n) is 8.94. The van der Waals surface area contributed by atoms with Crippen LogP contribution in [0.15, 0.2) is 42.6 Å². The van der Waals surface area contributed by atoms with Crippen molar-refractivity contribution in [2.45, 2.75) is 46.5 Å². The topological polar surface area (TPSA) is 120 Å². The summed E-state index contributed by atoms with van der Waals surface area (Å²) in [5, 5.41) is 18.3. The van der Waals surface area contributed by atoms with E-state index < -0.39 is 11.9 Å². The van der Waals surface area contributed by atoms with Crippen LogP contribution in [-0.4, -0.2) is 64.1 Å². The van der Waals surface area contributed by atoms with E-state index in [-0.39, 0.29) is 5.91 Å². The van der Waals surface area contributed by atoms with Crippen LogP contribution in [0.5, 0.6) is 0 Å². The van der Waals surface area contributed by atoms with Gasteiger partial charge in [0.05, 0.1) is 11.3 Å². The third kappa shape index (κ3) is 9.13. The minimum absolute atomic E-state index is 0.142. The van der Waals surface area contributed by atoms with E-state index in [4.69, 9.17) is 19.8 Å². The molecule has 0 saturated carbocycles. The smallest absolute Gasteiger partial charge is 0.300 e. The lowest BCUT2D eigenvalue weighted by molar-refractivity contribution is -0.135. The Morgan fingerprint density at radius 1 is 0.886 bits per heavy atom. The maximum absolute atomic E-state index is 13.4. The van der Waals surface area contributed by atoms with Crippen LogP contribution in [0.1, 0.15) is 55.6 Å². The number of carboxylic acids is 2. The highest BCUT2D eigenvalue weighted by molar-refractivity contribution is 6.01. The number of aromatic nitrogens is 1. The summed E-state index contributed by atoms with van der Waals surface area (Å²) >= 11 is 0. The normalized spacial score (nSPS) is 16.3. The molecular formula is C27H37N3O5. The van der Waals surface area contributed by atoms with Crippen LogP contribution < -0.4 is 5.32 Å². The van der Waals surface area contributed by atoms with Gasteiger partial charge in [0.2, 0.25) is 0 Å². The molecule has 1 aromatic carbocycles. The van der Waals surface area contributed by atoms with Crippen LogP contribution >= 0.6 is 0 Å². The van der Waals surface area contributed by atoms with E-state index in [1.54, 1.807) is 6.20 Å². The minimum atomic E-state index is -0.833. The van der Waals surface area contributed by atoms with Gasteiger partial charge in [0.15, 0.2) is 0 Å². The Balaban J connectivity index is 0.000000473. The number of carboxylic acid groups (broad SMARTS) is 2. The Morgan fingerprint density at radius 3 is 1.94 bits per heavy atom. The van der Waals surface area contributed by atoms with Crippen LogP contribution in [0.2, 0.25) is 0 Å². The van der Waals surface area contributed by atoms with Crippen molar-refractivity contribution in [2.24, 2.45) is 11.8 Å². The Labute approximate surface area is 207 Å². The number of carbonyl (C=O) groups is 3. The fourth-order valence-corrected chi connectivity index (χ4v) is 4.74. The summed E-state index contributed by atoms with van der Waals surface area (Å²) in [6, 6.07) is 12.1. The van der Waals surface area contributed by atoms with Crippen LogP contribution in [-0.2, 0) is 9.59 Å². The molecule has 4 rings (SSSR count). The van der Waals surface area contributed by atoms with Crippen molar-refractivity contribution in [3.63, 3.8) is 0 Å². The molecule has 190 valence electrons. The van der Waals surface area contributed by atoms with E-state index in [2.05, 4.69) is 22.4 Å². The molecule has 2 saturated heterocycles. The molecule has 2 fully saturated rings. The first-order valence-electron chi connectivity index (χ1n) is 12.1. The zero-order valence-corrected chi connectivity index (χ0v) is 20.9. The molecule has 2 aromatic rings. The third-order valence-corrected chi connectivity index (χ3v) is 6.32. The average molecular weight is 484 g/mol. The summed E-state index contributed by atoms with van der Waals surface area (Å²) in [4.78, 5) is 37.8. The van der Waals surface area contributed by atoms with Gasteiger partial charge in [0, 0.05) is 33.1 Å². The van der Waals surface area contributed by atoms with Crippen molar-refractivity contribution in [1.29, 1.82) is 0 Å². The number of benzene rings is 1. The highest BCUT2D eigenvalue weighted by atomic mass is 16.4. The number of hydrogen-bond donors (Lipinski definition) is 3. The van der Waals surface area contributed by atoms with Crippen molar-refractivity contribution in [2.75, 3.05) is 26.2 Å². The van der Waals surface area contributed by atoms with Gasteiger partial charge in [-0.15, -0.1) is 0 Å². The lowest BCUT2D eigenvalue weighted by Gasteiger charge is -2.38. The number of aryl methyl sites for hydroxylation is 1. The Kier molecular flexibility index (Phi) is 11.4. The zero-order chi connectivity index (χ0) is 25.8. The van der Waals surface area contributed by atoms with Gasteiger partial charge in [-0.3, -0.25) is 19.4 Å². The summed E-state index contributed by atoms with van der Waals surface area (Å²) in [5.41, 5.74) is 3.66. The third-order valence-electron chi connectivity index (χ3n) is 6.32. The quantitative estimate of drug-likeness (QED) is 0.601. The SMILES string of the molecule is CC(=O)O.CC(=O)O.Cc1nccc(-c2ccccc2)c1C(=O)N1CCC(C2CCNCC2)CC1. The maximum Gasteiger partial charge on any atom is 0.300 e. The molecule has 0 unspecified atom stereocenters. The fourth-order valence-electron chi connectivity index (χ4n) is 4.74. The molecule has 0 radical (unpaired) electrons. The van der Waals surface area contributed by atoms with E-state index in [1.807, 2.05) is 36.1 Å². The van der Waals surface area contributed by atoms with Gasteiger partial charge in [-0.1, -0.05) is 30.3 Å². The summed E-state index contributed by atoms with van der Waals surface area (Å²) < 4.78 is 0. The Hall–Kier alpha value is -3.26. The van der Waals surface area contributed by atoms with Gasteiger partial charge in [-0.25, -0.2) is 0 Å². The molecule has 0 atom stereocenters. The second-order valence-corrected chi connectivity index (χ2v) is 8.94. The number of aliphatic carboxylic acids is 2. The number of carbonyl (C=O) groups excluding carboxylic acids is 1. The molecule has 1 aromatic heterocycles. The van der Waals surface area contributed by atoms with E-state index in [1.165, 1.54) is 12.8 Å². The van der Waals surface area contributed by atoms with Gasteiger partial charge in [-0.2, -0.15) is 0 Å². The summed E-state index contributed by atoms with van der Waals surface area (Å²) in [5.74, 6) is 0.0893. The molecule has 2 aliphatic rings. The summed E-state index contributed by atoms with van der Waals surface area (Å²) in [7, 11) is 0. The van der Waals surface area contributed by atoms with Crippen LogP contribution in [0, 0.1) is 18.8 Å². The van der Waals surface area contributed by atoms with Crippen molar-refractivity contribution in [1.82, 2.24) is 15.2 Å². The summed E-state index contributed by atoms with van der Waals surface area (Å²) in [6.45, 7) is 8.16. The summed E-state index contributed by atoms with van der Waals surface area (Å²) in [6.07, 6.45) is 6.65. The Bertz CT molecular complexity index is 946. The molecule has 0 spiro atoms. The van der Waals surface area contributed by atoms with Crippen molar-refractivity contribution in [3.8, 4) is 11.1 Å². The monoisotopic (exact) mass is 483 g/mol. The molecule has 8 heteroatoms. The molecule has 8 nitrogen and oxygen atoms in total. The lowest BCUT2D eigenvalue weighted by Crippen LogP contribution is -2.42. The number of pyridine rings is 1. The molecule has 1 amide bonds. The lowest BCUT2D eigenvalue weighted by atomic mass is 9.79. The molecule has 35 heavy (non-hydrogen) atoms. The van der Waals surface area contributed by atoms with Crippen LogP contribution in [0.3, 0.4) is 0 Å². The van der Waals surface area contributed by atoms with E-state index in [0.29, 0.717) is 0 Å². The number of nitrogens with zero attached hydrogens (tertiary/aromatic N) is 2. The second kappa shape index (κ2) is 14.2. The first-order valence-corrected chi connectivity index (χ1v) is 12.1. The van der Waals surface area contributed by atoms with Gasteiger partial charge in [0.1, 0.15) is 0 Å². The van der Waals surface area contributed by atoms with E-state index >= 15 is 0 Å². The molecule has 3 heterocycles. The number of hydrogen-bond acceptors (Lipinski definition) is 5. The van der Waals surface area contributed by atoms with Gasteiger partial charge >= 0.3 is 0 Å². The predicted octanol–water partition coefficient (Wildman–Crippen LogP) is 4.09. The average Bonchev–Trinajstić information content (AvgIpc) is 2.84. The molecule has 2 aliphatic heterocycles. The first-order chi connectivity index (χ1) is 16.7.